The summed E-state index contributed by atoms with van der Waals surface area (Å²) < 4.78 is 5.15. The molecule has 0 heterocycles. The van der Waals surface area contributed by atoms with E-state index in [0.717, 1.165) is 22.3 Å². The molecule has 0 spiro atoms. The molecule has 2 aromatic carbocycles. The minimum Gasteiger partial charge on any atom is -0.479 e. The molecule has 0 radical (unpaired) electrons. The van der Waals surface area contributed by atoms with Gasteiger partial charge in [-0.15, -0.1) is 0 Å². The van der Waals surface area contributed by atoms with E-state index in [2.05, 4.69) is 0 Å². The van der Waals surface area contributed by atoms with Gasteiger partial charge in [0.15, 0.2) is 12.2 Å². The maximum absolute atomic E-state index is 11.8. The van der Waals surface area contributed by atoms with Gasteiger partial charge in [0.05, 0.1) is 0 Å². The Bertz CT molecular complexity index is 869. The Morgan fingerprint density at radius 1 is 0.893 bits per heavy atom. The Morgan fingerprint density at radius 2 is 1.43 bits per heavy atom. The van der Waals surface area contributed by atoms with E-state index in [-0.39, 0.29) is 12.5 Å². The molecule has 1 aliphatic rings. The fourth-order valence-corrected chi connectivity index (χ4v) is 3.10. The van der Waals surface area contributed by atoms with Crippen LogP contribution in [-0.4, -0.2) is 52.1 Å². The molecule has 2 atom stereocenters. The van der Waals surface area contributed by atoms with Crippen LogP contribution in [0.3, 0.4) is 0 Å². The molecule has 0 saturated carbocycles. The number of hydrazine groups is 1. The Balaban J connectivity index is 1.58. The van der Waals surface area contributed by atoms with Gasteiger partial charge in [-0.1, -0.05) is 48.5 Å². The van der Waals surface area contributed by atoms with Gasteiger partial charge in [0.2, 0.25) is 0 Å². The van der Waals surface area contributed by atoms with Gasteiger partial charge in [-0.05, 0) is 22.3 Å². The van der Waals surface area contributed by atoms with E-state index in [4.69, 9.17) is 14.9 Å². The van der Waals surface area contributed by atoms with Crippen molar-refractivity contribution in [2.75, 3.05) is 6.61 Å². The third-order valence-electron chi connectivity index (χ3n) is 4.45. The number of nitrogens with one attached hydrogen (secondary N) is 2. The summed E-state index contributed by atoms with van der Waals surface area (Å²) in [5, 5.41) is 27.0. The lowest BCUT2D eigenvalue weighted by atomic mass is 9.98. The zero-order valence-electron chi connectivity index (χ0n) is 14.5. The fraction of sp³-hybridized carbons (Fsp3) is 0.211. The molecule has 0 saturated heterocycles. The fourth-order valence-electron chi connectivity index (χ4n) is 3.10. The molecule has 146 valence electrons. The maximum atomic E-state index is 11.8. The lowest BCUT2D eigenvalue weighted by molar-refractivity contribution is -0.158. The Morgan fingerprint density at radius 3 is 1.96 bits per heavy atom. The molecule has 0 aromatic heterocycles. The molecule has 28 heavy (non-hydrogen) atoms. The number of ether oxygens (including phenoxy) is 1. The van der Waals surface area contributed by atoms with Crippen LogP contribution < -0.4 is 10.9 Å². The lowest BCUT2D eigenvalue weighted by Crippen LogP contribution is -2.51. The Kier molecular flexibility index (Phi) is 5.57. The summed E-state index contributed by atoms with van der Waals surface area (Å²) in [6, 6.07) is 15.5. The summed E-state index contributed by atoms with van der Waals surface area (Å²) in [7, 11) is 0. The second-order valence-electron chi connectivity index (χ2n) is 6.17. The zero-order chi connectivity index (χ0) is 20.3. The molecule has 9 heteroatoms. The van der Waals surface area contributed by atoms with Crippen molar-refractivity contribution in [1.82, 2.24) is 10.9 Å². The maximum Gasteiger partial charge on any atom is 0.426 e. The largest absolute Gasteiger partial charge is 0.479 e. The second-order valence-corrected chi connectivity index (χ2v) is 6.17. The molecule has 0 bridgehead atoms. The van der Waals surface area contributed by atoms with Gasteiger partial charge >= 0.3 is 12.1 Å². The quantitative estimate of drug-likeness (QED) is 0.467. The molecule has 0 fully saturated rings. The van der Waals surface area contributed by atoms with Gasteiger partial charge in [-0.3, -0.25) is 10.2 Å². The molecule has 1 aliphatic carbocycles. The number of hydrogen-bond donors (Lipinski definition) is 5. The van der Waals surface area contributed by atoms with E-state index in [1.165, 1.54) is 0 Å². The number of carboxylic acids is 1. The third-order valence-corrected chi connectivity index (χ3v) is 4.45. The molecule has 5 N–H and O–H groups in total. The first-order valence-corrected chi connectivity index (χ1v) is 8.40. The van der Waals surface area contributed by atoms with Gasteiger partial charge in [0.1, 0.15) is 6.61 Å². The number of carbonyl (C=O) groups is 3. The monoisotopic (exact) mass is 386 g/mol. The van der Waals surface area contributed by atoms with Crippen LogP contribution in [0.2, 0.25) is 0 Å². The van der Waals surface area contributed by atoms with Gasteiger partial charge in [0.25, 0.3) is 5.91 Å². The number of aliphatic carboxylic acids is 1. The number of amides is 2. The topological polar surface area (TPSA) is 145 Å². The van der Waals surface area contributed by atoms with E-state index >= 15 is 0 Å². The van der Waals surface area contributed by atoms with Crippen molar-refractivity contribution in [2.24, 2.45) is 0 Å². The lowest BCUT2D eigenvalue weighted by Gasteiger charge is -2.16. The van der Waals surface area contributed by atoms with Gasteiger partial charge < -0.3 is 20.1 Å². The van der Waals surface area contributed by atoms with Crippen molar-refractivity contribution >= 4 is 18.0 Å². The molecule has 2 aromatic rings. The van der Waals surface area contributed by atoms with Gasteiger partial charge in [0, 0.05) is 5.92 Å². The zero-order valence-corrected chi connectivity index (χ0v) is 14.5. The molecular formula is C19H18N2O7. The number of hydrogen-bond acceptors (Lipinski definition) is 6. The average Bonchev–Trinajstić information content (AvgIpc) is 3.03. The highest BCUT2D eigenvalue weighted by Crippen LogP contribution is 2.44. The van der Waals surface area contributed by atoms with E-state index in [1.807, 2.05) is 54.0 Å². The van der Waals surface area contributed by atoms with Crippen LogP contribution in [0.4, 0.5) is 4.79 Å². The number of fused-ring (bicyclic) bond motifs is 3. The molecular weight excluding hydrogens is 368 g/mol. The van der Waals surface area contributed by atoms with Crippen LogP contribution >= 0.6 is 0 Å². The van der Waals surface area contributed by atoms with Crippen LogP contribution in [0, 0.1) is 0 Å². The predicted octanol–water partition coefficient (Wildman–Crippen LogP) is 0.363. The molecule has 2 amide bonds. The van der Waals surface area contributed by atoms with E-state index in [1.54, 1.807) is 5.43 Å². The predicted molar refractivity (Wildman–Crippen MR) is 96.0 cm³/mol. The van der Waals surface area contributed by atoms with Crippen LogP contribution in [0.15, 0.2) is 48.5 Å². The van der Waals surface area contributed by atoms with E-state index in [9.17, 15) is 19.5 Å². The van der Waals surface area contributed by atoms with Crippen molar-refractivity contribution in [3.05, 3.63) is 59.7 Å². The summed E-state index contributed by atoms with van der Waals surface area (Å²) in [4.78, 5) is 33.9. The van der Waals surface area contributed by atoms with Gasteiger partial charge in [-0.25, -0.2) is 15.0 Å². The number of aliphatic hydroxyl groups is 2. The molecule has 2 unspecified atom stereocenters. The number of carbonyl (C=O) groups excluding carboxylic acids is 2. The van der Waals surface area contributed by atoms with Crippen LogP contribution in [0.1, 0.15) is 17.0 Å². The highest BCUT2D eigenvalue weighted by atomic mass is 16.6. The van der Waals surface area contributed by atoms with Crippen molar-refractivity contribution < 1.29 is 34.4 Å². The Labute approximate surface area is 159 Å². The first-order chi connectivity index (χ1) is 13.4. The standard InChI is InChI=1S/C19H18N2O7/c22-15(16(23)18(25)26)17(24)20-21-19(27)28-9-14-12-7-3-1-5-10(12)11-6-2-4-8-13(11)14/h1-8,14-16,22-23H,9H2,(H,20,24)(H,21,27)(H,25,26). The molecule has 9 nitrogen and oxygen atoms in total. The molecule has 3 rings (SSSR count). The van der Waals surface area contributed by atoms with Crippen LogP contribution in [0.25, 0.3) is 11.1 Å². The number of benzene rings is 2. The van der Waals surface area contributed by atoms with Crippen molar-refractivity contribution in [1.29, 1.82) is 0 Å². The highest BCUT2D eigenvalue weighted by molar-refractivity contribution is 5.88. The average molecular weight is 386 g/mol. The summed E-state index contributed by atoms with van der Waals surface area (Å²) in [6.45, 7) is 0.00996. The van der Waals surface area contributed by atoms with Crippen LogP contribution in [-0.2, 0) is 14.3 Å². The first-order valence-electron chi connectivity index (χ1n) is 8.40. The second kappa shape index (κ2) is 8.07. The van der Waals surface area contributed by atoms with Gasteiger partial charge in [-0.2, -0.15) is 0 Å². The number of rotatable bonds is 5. The SMILES string of the molecule is O=C(NNC(=O)C(O)C(O)C(=O)O)OCC1c2ccccc2-c2ccccc21. The number of aliphatic hydroxyl groups excluding tert-OH is 2. The minimum absolute atomic E-state index is 0.00996. The minimum atomic E-state index is -2.32. The summed E-state index contributed by atoms with van der Waals surface area (Å²) in [5.74, 6) is -3.24. The summed E-state index contributed by atoms with van der Waals surface area (Å²) in [5.41, 5.74) is 7.85. The Hall–Kier alpha value is -3.43. The van der Waals surface area contributed by atoms with Crippen molar-refractivity contribution in [3.8, 4) is 11.1 Å². The van der Waals surface area contributed by atoms with E-state index < -0.39 is 30.2 Å². The highest BCUT2D eigenvalue weighted by Gasteiger charge is 2.31. The third kappa shape index (κ3) is 3.80. The van der Waals surface area contributed by atoms with Crippen molar-refractivity contribution in [3.63, 3.8) is 0 Å². The van der Waals surface area contributed by atoms with Crippen LogP contribution in [0.5, 0.6) is 0 Å². The normalized spacial score (nSPS) is 14.4. The van der Waals surface area contributed by atoms with Crippen molar-refractivity contribution in [2.45, 2.75) is 18.1 Å². The van der Waals surface area contributed by atoms with E-state index in [0.29, 0.717) is 0 Å². The summed E-state index contributed by atoms with van der Waals surface area (Å²) in [6.07, 6.45) is -5.55. The number of carboxylic acid groups (broad SMARTS) is 1. The summed E-state index contributed by atoms with van der Waals surface area (Å²) >= 11 is 0. The smallest absolute Gasteiger partial charge is 0.426 e. The first kappa shape index (κ1) is 19.3. The molecule has 0 aliphatic heterocycles.